The number of nitrogens with one attached hydrogen (secondary N) is 1. The molecule has 0 bridgehead atoms. The predicted octanol–water partition coefficient (Wildman–Crippen LogP) is -0.344. The van der Waals surface area contributed by atoms with E-state index >= 15 is 0 Å². The Hall–Kier alpha value is -0.490. The fourth-order valence-electron chi connectivity index (χ4n) is 1.82. The first kappa shape index (κ1) is 13.6. The van der Waals surface area contributed by atoms with E-state index in [1.807, 2.05) is 13.8 Å². The molecular formula is C11H21NO4. The molecule has 5 heteroatoms. The fourth-order valence-corrected chi connectivity index (χ4v) is 1.82. The van der Waals surface area contributed by atoms with E-state index in [9.17, 15) is 15.0 Å². The van der Waals surface area contributed by atoms with Crippen molar-refractivity contribution in [2.75, 3.05) is 0 Å². The van der Waals surface area contributed by atoms with Crippen molar-refractivity contribution in [3.63, 3.8) is 0 Å². The van der Waals surface area contributed by atoms with Crippen molar-refractivity contribution in [1.82, 2.24) is 5.32 Å². The summed E-state index contributed by atoms with van der Waals surface area (Å²) in [6, 6.07) is -0.430. The molecule has 0 saturated carbocycles. The van der Waals surface area contributed by atoms with Gasteiger partial charge >= 0.3 is 0 Å². The van der Waals surface area contributed by atoms with Gasteiger partial charge in [0.1, 0.15) is 12.2 Å². The molecule has 1 heterocycles. The molecule has 0 radical (unpaired) electrons. The van der Waals surface area contributed by atoms with Crippen LogP contribution in [-0.4, -0.2) is 46.6 Å². The summed E-state index contributed by atoms with van der Waals surface area (Å²) < 4.78 is 5.10. The van der Waals surface area contributed by atoms with Crippen LogP contribution in [0, 0.1) is 5.92 Å². The van der Waals surface area contributed by atoms with Gasteiger partial charge in [-0.1, -0.05) is 27.7 Å². The van der Waals surface area contributed by atoms with Gasteiger partial charge in [-0.25, -0.2) is 0 Å². The van der Waals surface area contributed by atoms with Gasteiger partial charge in [0, 0.05) is 12.0 Å². The van der Waals surface area contributed by atoms with Crippen molar-refractivity contribution in [1.29, 1.82) is 0 Å². The lowest BCUT2D eigenvalue weighted by molar-refractivity contribution is -0.151. The van der Waals surface area contributed by atoms with Gasteiger partial charge < -0.3 is 20.3 Å². The lowest BCUT2D eigenvalue weighted by atomic mass is 9.96. The minimum Gasteiger partial charge on any atom is -0.386 e. The molecule has 0 unspecified atom stereocenters. The Kier molecular flexibility index (Phi) is 4.43. The van der Waals surface area contributed by atoms with Gasteiger partial charge in [0.2, 0.25) is 0 Å². The van der Waals surface area contributed by atoms with Crippen LogP contribution in [0.1, 0.15) is 27.7 Å². The van der Waals surface area contributed by atoms with Crippen LogP contribution in [0.15, 0.2) is 0 Å². The number of carbonyl (C=O) groups is 1. The van der Waals surface area contributed by atoms with Crippen molar-refractivity contribution in [2.45, 2.75) is 58.3 Å². The maximum Gasteiger partial charge on any atom is 0.183 e. The molecule has 0 aromatic rings. The van der Waals surface area contributed by atoms with E-state index in [0.29, 0.717) is 0 Å². The first-order valence-electron chi connectivity index (χ1n) is 5.66. The zero-order valence-corrected chi connectivity index (χ0v) is 10.2. The van der Waals surface area contributed by atoms with Crippen LogP contribution in [-0.2, 0) is 9.53 Å². The van der Waals surface area contributed by atoms with Crippen LogP contribution in [0.3, 0.4) is 0 Å². The standard InChI is InChI=1S/C11H21NO4/c1-5(2)8(13)10-7(12-6(3)4)9(14)11(15)16-10/h5-7,9-12,14-15H,1-4H3/t7-,9+,10+,11-/m0/s1. The molecule has 4 atom stereocenters. The molecule has 0 aromatic heterocycles. The van der Waals surface area contributed by atoms with Crippen LogP contribution in [0.25, 0.3) is 0 Å². The minimum absolute atomic E-state index is 0.103. The molecule has 1 fully saturated rings. The molecule has 1 rings (SSSR count). The van der Waals surface area contributed by atoms with Crippen molar-refractivity contribution >= 4 is 5.78 Å². The van der Waals surface area contributed by atoms with Crippen molar-refractivity contribution in [2.24, 2.45) is 5.92 Å². The minimum atomic E-state index is -1.29. The second-order valence-corrected chi connectivity index (χ2v) is 4.84. The summed E-state index contributed by atoms with van der Waals surface area (Å²) in [7, 11) is 0. The van der Waals surface area contributed by atoms with Gasteiger partial charge in [-0.2, -0.15) is 0 Å². The smallest absolute Gasteiger partial charge is 0.183 e. The lowest BCUT2D eigenvalue weighted by Gasteiger charge is -2.23. The molecule has 0 spiro atoms. The van der Waals surface area contributed by atoms with Gasteiger partial charge in [0.05, 0.1) is 6.04 Å². The number of hydrogen-bond donors (Lipinski definition) is 3. The molecule has 0 aromatic carbocycles. The number of rotatable bonds is 4. The van der Waals surface area contributed by atoms with E-state index < -0.39 is 24.5 Å². The van der Waals surface area contributed by atoms with E-state index in [2.05, 4.69) is 5.32 Å². The van der Waals surface area contributed by atoms with Crippen LogP contribution in [0.5, 0.6) is 0 Å². The third kappa shape index (κ3) is 2.79. The van der Waals surface area contributed by atoms with E-state index in [-0.39, 0.29) is 17.7 Å². The van der Waals surface area contributed by atoms with Gasteiger partial charge in [0.15, 0.2) is 12.1 Å². The average Bonchev–Trinajstić information content (AvgIpc) is 2.44. The number of ether oxygens (including phenoxy) is 1. The van der Waals surface area contributed by atoms with Crippen LogP contribution in [0.4, 0.5) is 0 Å². The highest BCUT2D eigenvalue weighted by molar-refractivity contribution is 5.86. The number of Topliss-reactive ketones (excluding diaryl/α,β-unsaturated/α-hetero) is 1. The Morgan fingerprint density at radius 2 is 1.81 bits per heavy atom. The lowest BCUT2D eigenvalue weighted by Crippen LogP contribution is -2.50. The first-order valence-corrected chi connectivity index (χ1v) is 5.66. The quantitative estimate of drug-likeness (QED) is 0.616. The number of ketones is 1. The van der Waals surface area contributed by atoms with Crippen LogP contribution in [0.2, 0.25) is 0 Å². The summed E-state index contributed by atoms with van der Waals surface area (Å²) in [5.74, 6) is -0.285. The summed E-state index contributed by atoms with van der Waals surface area (Å²) in [5, 5.41) is 22.2. The summed E-state index contributed by atoms with van der Waals surface area (Å²) in [6.45, 7) is 7.37. The summed E-state index contributed by atoms with van der Waals surface area (Å²) in [4.78, 5) is 11.8. The van der Waals surface area contributed by atoms with Gasteiger partial charge in [-0.05, 0) is 0 Å². The average molecular weight is 231 g/mol. The van der Waals surface area contributed by atoms with Crippen LogP contribution >= 0.6 is 0 Å². The second kappa shape index (κ2) is 5.23. The Morgan fingerprint density at radius 3 is 2.25 bits per heavy atom. The highest BCUT2D eigenvalue weighted by Gasteiger charge is 2.46. The summed E-state index contributed by atoms with van der Waals surface area (Å²) in [6.07, 6.45) is -3.12. The third-order valence-electron chi connectivity index (χ3n) is 2.65. The van der Waals surface area contributed by atoms with Crippen molar-refractivity contribution in [3.05, 3.63) is 0 Å². The monoisotopic (exact) mass is 231 g/mol. The number of hydrogen-bond acceptors (Lipinski definition) is 5. The third-order valence-corrected chi connectivity index (χ3v) is 2.65. The molecule has 1 aliphatic rings. The molecule has 5 nitrogen and oxygen atoms in total. The molecule has 3 N–H and O–H groups in total. The predicted molar refractivity (Wildman–Crippen MR) is 58.8 cm³/mol. The zero-order valence-electron chi connectivity index (χ0n) is 10.2. The molecule has 1 saturated heterocycles. The largest absolute Gasteiger partial charge is 0.386 e. The maximum atomic E-state index is 11.8. The molecular weight excluding hydrogens is 210 g/mol. The zero-order chi connectivity index (χ0) is 12.5. The van der Waals surface area contributed by atoms with Crippen LogP contribution < -0.4 is 5.32 Å². The highest BCUT2D eigenvalue weighted by Crippen LogP contribution is 2.23. The fraction of sp³-hybridized carbons (Fsp3) is 0.909. The van der Waals surface area contributed by atoms with E-state index in [0.717, 1.165) is 0 Å². The summed E-state index contributed by atoms with van der Waals surface area (Å²) >= 11 is 0. The number of aliphatic hydroxyl groups excluding tert-OH is 2. The Labute approximate surface area is 95.8 Å². The molecule has 1 aliphatic heterocycles. The maximum absolute atomic E-state index is 11.8. The van der Waals surface area contributed by atoms with E-state index in [1.165, 1.54) is 0 Å². The topological polar surface area (TPSA) is 78.8 Å². The SMILES string of the molecule is CC(C)N[C@H]1[C@@H](O)[C@@H](O)O[C@H]1C(=O)C(C)C. The Bertz CT molecular complexity index is 254. The highest BCUT2D eigenvalue weighted by atomic mass is 16.6. The van der Waals surface area contributed by atoms with Crippen molar-refractivity contribution < 1.29 is 19.7 Å². The Morgan fingerprint density at radius 1 is 1.25 bits per heavy atom. The van der Waals surface area contributed by atoms with Gasteiger partial charge in [0.25, 0.3) is 0 Å². The Balaban J connectivity index is 2.78. The first-order chi connectivity index (χ1) is 7.34. The molecule has 94 valence electrons. The summed E-state index contributed by atoms with van der Waals surface area (Å²) in [5.41, 5.74) is 0. The van der Waals surface area contributed by atoms with Gasteiger partial charge in [-0.3, -0.25) is 4.79 Å². The normalized spacial score (nSPS) is 35.0. The molecule has 0 amide bonds. The van der Waals surface area contributed by atoms with E-state index in [1.54, 1.807) is 13.8 Å². The van der Waals surface area contributed by atoms with E-state index in [4.69, 9.17) is 4.74 Å². The number of aliphatic hydroxyl groups is 2. The second-order valence-electron chi connectivity index (χ2n) is 4.84. The number of carbonyl (C=O) groups excluding carboxylic acids is 1. The molecule has 16 heavy (non-hydrogen) atoms. The molecule has 0 aliphatic carbocycles. The van der Waals surface area contributed by atoms with Gasteiger partial charge in [-0.15, -0.1) is 0 Å². The van der Waals surface area contributed by atoms with Crippen molar-refractivity contribution in [3.8, 4) is 0 Å².